The topological polar surface area (TPSA) is 60.1 Å². The van der Waals surface area contributed by atoms with Crippen LogP contribution in [0.1, 0.15) is 16.1 Å². The summed E-state index contributed by atoms with van der Waals surface area (Å²) >= 11 is 5.98. The highest BCUT2D eigenvalue weighted by Crippen LogP contribution is 2.24. The fourth-order valence-corrected chi connectivity index (χ4v) is 2.82. The van der Waals surface area contributed by atoms with Gasteiger partial charge in [-0.05, 0) is 55.5 Å². The molecule has 0 atom stereocenters. The van der Waals surface area contributed by atoms with Crippen LogP contribution in [0.3, 0.4) is 0 Å². The molecule has 1 amide bonds. The lowest BCUT2D eigenvalue weighted by atomic mass is 10.2. The highest BCUT2D eigenvalue weighted by Gasteiger charge is 2.19. The third kappa shape index (κ3) is 3.64. The number of nitrogens with one attached hydrogen (secondary N) is 1. The van der Waals surface area contributed by atoms with Crippen LogP contribution >= 0.6 is 11.6 Å². The van der Waals surface area contributed by atoms with Crippen LogP contribution in [0.25, 0.3) is 17.1 Å². The van der Waals surface area contributed by atoms with Crippen molar-refractivity contribution in [3.8, 4) is 17.1 Å². The number of halogens is 1. The number of aromatic nitrogens is 2. The van der Waals surface area contributed by atoms with E-state index in [0.717, 1.165) is 11.3 Å². The summed E-state index contributed by atoms with van der Waals surface area (Å²) in [5, 5.41) is 8.07. The number of carbonyl (C=O) groups is 1. The molecular formula is C21H16ClN3O2. The normalized spacial score (nSPS) is 10.7. The number of rotatable bonds is 4. The lowest BCUT2D eigenvalue weighted by Gasteiger charge is -2.08. The second kappa shape index (κ2) is 7.13. The van der Waals surface area contributed by atoms with Crippen molar-refractivity contribution in [2.45, 2.75) is 6.92 Å². The largest absolute Gasteiger partial charge is 0.463 e. The van der Waals surface area contributed by atoms with E-state index >= 15 is 0 Å². The Hall–Kier alpha value is -3.31. The highest BCUT2D eigenvalue weighted by atomic mass is 35.5. The van der Waals surface area contributed by atoms with Crippen LogP contribution in [0.15, 0.2) is 77.4 Å². The number of amides is 1. The molecule has 0 unspecified atom stereocenters. The van der Waals surface area contributed by atoms with E-state index in [-0.39, 0.29) is 5.91 Å². The molecule has 4 rings (SSSR count). The predicted octanol–water partition coefficient (Wildman–Crippen LogP) is 5.35. The zero-order chi connectivity index (χ0) is 18.8. The minimum absolute atomic E-state index is 0.265. The molecule has 0 aliphatic rings. The summed E-state index contributed by atoms with van der Waals surface area (Å²) in [7, 11) is 0. The number of hydrogen-bond acceptors (Lipinski definition) is 3. The van der Waals surface area contributed by atoms with Gasteiger partial charge in [-0.3, -0.25) is 4.79 Å². The Morgan fingerprint density at radius 3 is 2.48 bits per heavy atom. The first-order chi connectivity index (χ1) is 13.1. The van der Waals surface area contributed by atoms with Crippen molar-refractivity contribution in [2.75, 3.05) is 5.32 Å². The number of nitrogens with zero attached hydrogens (tertiary/aromatic N) is 2. The Morgan fingerprint density at radius 1 is 1.07 bits per heavy atom. The monoisotopic (exact) mass is 377 g/mol. The van der Waals surface area contributed by atoms with E-state index in [1.54, 1.807) is 41.3 Å². The van der Waals surface area contributed by atoms with Gasteiger partial charge in [-0.1, -0.05) is 29.3 Å². The molecule has 2 heterocycles. The van der Waals surface area contributed by atoms with Crippen LogP contribution in [0.5, 0.6) is 0 Å². The molecule has 1 N–H and O–H groups in total. The van der Waals surface area contributed by atoms with Crippen molar-refractivity contribution < 1.29 is 9.21 Å². The van der Waals surface area contributed by atoms with Gasteiger partial charge in [0.2, 0.25) is 0 Å². The van der Waals surface area contributed by atoms with E-state index in [4.69, 9.17) is 16.0 Å². The average molecular weight is 378 g/mol. The highest BCUT2D eigenvalue weighted by molar-refractivity contribution is 6.30. The van der Waals surface area contributed by atoms with E-state index < -0.39 is 0 Å². The van der Waals surface area contributed by atoms with E-state index in [1.165, 1.54) is 0 Å². The van der Waals surface area contributed by atoms with Crippen LogP contribution in [0.4, 0.5) is 5.69 Å². The smallest absolute Gasteiger partial charge is 0.274 e. The maximum atomic E-state index is 12.9. The number of aryl methyl sites for hydroxylation is 1. The van der Waals surface area contributed by atoms with Gasteiger partial charge in [0, 0.05) is 16.8 Å². The number of hydrogen-bond donors (Lipinski definition) is 1. The first-order valence-electron chi connectivity index (χ1n) is 8.38. The van der Waals surface area contributed by atoms with E-state index in [0.29, 0.717) is 27.9 Å². The standard InChI is InChI=1S/C21H16ClN3O2/c1-14-4-8-16(9-5-14)23-21(26)19-13-18(20-3-2-12-27-20)24-25(19)17-10-6-15(22)7-11-17/h2-13H,1H3,(H,23,26). The molecular weight excluding hydrogens is 362 g/mol. The fraction of sp³-hybridized carbons (Fsp3) is 0.0476. The lowest BCUT2D eigenvalue weighted by molar-refractivity contribution is 0.101. The number of carbonyl (C=O) groups excluding carboxylic acids is 1. The summed E-state index contributed by atoms with van der Waals surface area (Å²) in [6.07, 6.45) is 1.57. The molecule has 0 aliphatic heterocycles. The fourth-order valence-electron chi connectivity index (χ4n) is 2.70. The second-order valence-corrected chi connectivity index (χ2v) is 6.54. The first-order valence-corrected chi connectivity index (χ1v) is 8.76. The van der Waals surface area contributed by atoms with Crippen molar-refractivity contribution >= 4 is 23.2 Å². The van der Waals surface area contributed by atoms with Crippen molar-refractivity contribution in [1.82, 2.24) is 9.78 Å². The Morgan fingerprint density at radius 2 is 1.81 bits per heavy atom. The van der Waals surface area contributed by atoms with Crippen LogP contribution < -0.4 is 5.32 Å². The van der Waals surface area contributed by atoms with E-state index in [9.17, 15) is 4.79 Å². The van der Waals surface area contributed by atoms with Crippen molar-refractivity contribution in [3.05, 3.63) is 89.3 Å². The van der Waals surface area contributed by atoms with Crippen molar-refractivity contribution in [2.24, 2.45) is 0 Å². The maximum Gasteiger partial charge on any atom is 0.274 e. The Bertz CT molecular complexity index is 1070. The number of anilines is 1. The SMILES string of the molecule is Cc1ccc(NC(=O)c2cc(-c3ccco3)nn2-c2ccc(Cl)cc2)cc1. The summed E-state index contributed by atoms with van der Waals surface area (Å²) in [4.78, 5) is 12.9. The molecule has 4 aromatic rings. The van der Waals surface area contributed by atoms with Gasteiger partial charge in [0.1, 0.15) is 11.4 Å². The molecule has 0 bridgehead atoms. The summed E-state index contributed by atoms with van der Waals surface area (Å²) in [6.45, 7) is 2.00. The zero-order valence-corrected chi connectivity index (χ0v) is 15.3. The van der Waals surface area contributed by atoms with Gasteiger partial charge in [0.15, 0.2) is 5.76 Å². The Labute approximate surface area is 161 Å². The van der Waals surface area contributed by atoms with Gasteiger partial charge in [-0.2, -0.15) is 5.10 Å². The van der Waals surface area contributed by atoms with Crippen LogP contribution in [-0.2, 0) is 0 Å². The van der Waals surface area contributed by atoms with Crippen LogP contribution in [0.2, 0.25) is 5.02 Å². The third-order valence-electron chi connectivity index (χ3n) is 4.10. The van der Waals surface area contributed by atoms with Crippen molar-refractivity contribution in [3.63, 3.8) is 0 Å². The average Bonchev–Trinajstić information content (AvgIpc) is 3.33. The van der Waals surface area contributed by atoms with Gasteiger partial charge in [0.25, 0.3) is 5.91 Å². The molecule has 0 saturated heterocycles. The van der Waals surface area contributed by atoms with Gasteiger partial charge < -0.3 is 9.73 Å². The summed E-state index contributed by atoms with van der Waals surface area (Å²) in [6, 6.07) is 20.0. The van der Waals surface area contributed by atoms with Gasteiger partial charge in [-0.15, -0.1) is 0 Å². The second-order valence-electron chi connectivity index (χ2n) is 6.10. The molecule has 6 heteroatoms. The Kier molecular flexibility index (Phi) is 4.52. The minimum atomic E-state index is -0.265. The number of furan rings is 1. The molecule has 5 nitrogen and oxygen atoms in total. The summed E-state index contributed by atoms with van der Waals surface area (Å²) < 4.78 is 7.01. The molecule has 2 aromatic heterocycles. The molecule has 0 spiro atoms. The minimum Gasteiger partial charge on any atom is -0.463 e. The van der Waals surface area contributed by atoms with Crippen LogP contribution in [-0.4, -0.2) is 15.7 Å². The lowest BCUT2D eigenvalue weighted by Crippen LogP contribution is -2.16. The maximum absolute atomic E-state index is 12.9. The predicted molar refractivity (Wildman–Crippen MR) is 105 cm³/mol. The van der Waals surface area contributed by atoms with Gasteiger partial charge in [-0.25, -0.2) is 4.68 Å². The first kappa shape index (κ1) is 17.1. The summed E-state index contributed by atoms with van der Waals surface area (Å²) in [5.74, 6) is 0.325. The molecule has 0 radical (unpaired) electrons. The zero-order valence-electron chi connectivity index (χ0n) is 14.5. The quantitative estimate of drug-likeness (QED) is 0.521. The molecule has 0 saturated carbocycles. The van der Waals surface area contributed by atoms with Gasteiger partial charge in [0.05, 0.1) is 12.0 Å². The molecule has 2 aromatic carbocycles. The molecule has 27 heavy (non-hydrogen) atoms. The van der Waals surface area contributed by atoms with E-state index in [2.05, 4.69) is 10.4 Å². The van der Waals surface area contributed by atoms with Crippen molar-refractivity contribution in [1.29, 1.82) is 0 Å². The van der Waals surface area contributed by atoms with E-state index in [1.807, 2.05) is 43.3 Å². The number of benzene rings is 2. The Balaban J connectivity index is 1.74. The van der Waals surface area contributed by atoms with Crippen LogP contribution in [0, 0.1) is 6.92 Å². The molecule has 134 valence electrons. The molecule has 0 fully saturated rings. The summed E-state index contributed by atoms with van der Waals surface area (Å²) in [5.41, 5.74) is 3.54. The third-order valence-corrected chi connectivity index (χ3v) is 4.35. The molecule has 0 aliphatic carbocycles. The van der Waals surface area contributed by atoms with Gasteiger partial charge >= 0.3 is 0 Å².